The lowest BCUT2D eigenvalue weighted by Crippen LogP contribution is -2.18. The number of pyridine rings is 1. The maximum absolute atomic E-state index is 10.9. The summed E-state index contributed by atoms with van der Waals surface area (Å²) in [5.74, 6) is -0.103. The molecule has 100 valence electrons. The summed E-state index contributed by atoms with van der Waals surface area (Å²) < 4.78 is 5.25. The van der Waals surface area contributed by atoms with Gasteiger partial charge in [0.25, 0.3) is 0 Å². The summed E-state index contributed by atoms with van der Waals surface area (Å²) in [5, 5.41) is 8.90. The number of hydrogen-bond acceptors (Lipinski definition) is 4. The van der Waals surface area contributed by atoms with Crippen molar-refractivity contribution in [1.29, 1.82) is 0 Å². The number of furan rings is 1. The summed E-state index contributed by atoms with van der Waals surface area (Å²) in [6.45, 7) is 3.25. The summed E-state index contributed by atoms with van der Waals surface area (Å²) in [6.07, 6.45) is 1.67. The second-order valence-corrected chi connectivity index (χ2v) is 4.49. The van der Waals surface area contributed by atoms with E-state index in [1.165, 1.54) is 6.07 Å². The van der Waals surface area contributed by atoms with Crippen molar-refractivity contribution in [3.63, 3.8) is 0 Å². The van der Waals surface area contributed by atoms with E-state index in [2.05, 4.69) is 9.88 Å². The Balaban J connectivity index is 2.02. The van der Waals surface area contributed by atoms with Crippen LogP contribution in [0.4, 0.5) is 0 Å². The van der Waals surface area contributed by atoms with Crippen molar-refractivity contribution in [1.82, 2.24) is 9.88 Å². The summed E-state index contributed by atoms with van der Waals surface area (Å²) in [7, 11) is 1.96. The summed E-state index contributed by atoms with van der Waals surface area (Å²) >= 11 is 0. The number of aromatic nitrogens is 1. The van der Waals surface area contributed by atoms with Gasteiger partial charge in [0.05, 0.1) is 12.0 Å². The van der Waals surface area contributed by atoms with Crippen LogP contribution in [0.5, 0.6) is 0 Å². The van der Waals surface area contributed by atoms with E-state index in [1.807, 2.05) is 26.1 Å². The van der Waals surface area contributed by atoms with E-state index in [4.69, 9.17) is 9.52 Å². The van der Waals surface area contributed by atoms with E-state index < -0.39 is 5.97 Å². The normalized spacial score (nSPS) is 10.9. The molecule has 0 amide bonds. The van der Waals surface area contributed by atoms with Gasteiger partial charge in [0.1, 0.15) is 11.5 Å². The van der Waals surface area contributed by atoms with Crippen molar-refractivity contribution < 1.29 is 14.3 Å². The first kappa shape index (κ1) is 13.3. The number of carboxylic acids is 1. The van der Waals surface area contributed by atoms with Crippen LogP contribution in [0.25, 0.3) is 0 Å². The van der Waals surface area contributed by atoms with Crippen molar-refractivity contribution in [3.05, 3.63) is 53.2 Å². The fourth-order valence-corrected chi connectivity index (χ4v) is 1.89. The van der Waals surface area contributed by atoms with Gasteiger partial charge >= 0.3 is 5.97 Å². The van der Waals surface area contributed by atoms with E-state index in [9.17, 15) is 4.79 Å². The predicted molar refractivity (Wildman–Crippen MR) is 69.8 cm³/mol. The third-order valence-corrected chi connectivity index (χ3v) is 2.86. The highest BCUT2D eigenvalue weighted by Gasteiger charge is 2.09. The van der Waals surface area contributed by atoms with E-state index in [-0.39, 0.29) is 5.69 Å². The first-order chi connectivity index (χ1) is 9.06. The third kappa shape index (κ3) is 3.42. The van der Waals surface area contributed by atoms with Crippen LogP contribution in [0.3, 0.4) is 0 Å². The van der Waals surface area contributed by atoms with Gasteiger partial charge in [-0.15, -0.1) is 0 Å². The minimum absolute atomic E-state index is 0.0744. The van der Waals surface area contributed by atoms with Crippen LogP contribution in [0.1, 0.15) is 27.5 Å². The summed E-state index contributed by atoms with van der Waals surface area (Å²) in [6, 6.07) is 6.97. The lowest BCUT2D eigenvalue weighted by molar-refractivity contribution is 0.0690. The molecule has 0 radical (unpaired) electrons. The SMILES string of the molecule is Cc1occc1CN(C)Cc1cccc(C(=O)O)n1. The molecule has 0 spiro atoms. The van der Waals surface area contributed by atoms with Gasteiger partial charge in [0, 0.05) is 18.7 Å². The maximum Gasteiger partial charge on any atom is 0.354 e. The van der Waals surface area contributed by atoms with Gasteiger partial charge in [-0.1, -0.05) is 6.07 Å². The van der Waals surface area contributed by atoms with Crippen LogP contribution < -0.4 is 0 Å². The Morgan fingerprint density at radius 2 is 2.16 bits per heavy atom. The predicted octanol–water partition coefficient (Wildman–Crippen LogP) is 2.31. The Labute approximate surface area is 111 Å². The van der Waals surface area contributed by atoms with Crippen molar-refractivity contribution in [2.45, 2.75) is 20.0 Å². The van der Waals surface area contributed by atoms with Gasteiger partial charge in [0.15, 0.2) is 0 Å². The van der Waals surface area contributed by atoms with Crippen LogP contribution in [-0.2, 0) is 13.1 Å². The molecule has 5 heteroatoms. The number of rotatable bonds is 5. The molecule has 0 aliphatic rings. The molecule has 2 rings (SSSR count). The van der Waals surface area contributed by atoms with Crippen molar-refractivity contribution >= 4 is 5.97 Å². The molecular weight excluding hydrogens is 244 g/mol. The van der Waals surface area contributed by atoms with Crippen LogP contribution >= 0.6 is 0 Å². The van der Waals surface area contributed by atoms with E-state index >= 15 is 0 Å². The first-order valence-corrected chi connectivity index (χ1v) is 5.97. The Kier molecular flexibility index (Phi) is 3.97. The zero-order chi connectivity index (χ0) is 13.8. The highest BCUT2D eigenvalue weighted by Crippen LogP contribution is 2.12. The molecular formula is C14H16N2O3. The molecule has 0 aliphatic carbocycles. The number of carboxylic acid groups (broad SMARTS) is 1. The minimum atomic E-state index is -1.00. The summed E-state index contributed by atoms with van der Waals surface area (Å²) in [4.78, 5) is 17.0. The number of carbonyl (C=O) groups is 1. The van der Waals surface area contributed by atoms with Crippen LogP contribution in [0.2, 0.25) is 0 Å². The third-order valence-electron chi connectivity index (χ3n) is 2.86. The molecule has 5 nitrogen and oxygen atoms in total. The molecule has 2 aromatic heterocycles. The zero-order valence-corrected chi connectivity index (χ0v) is 11.0. The largest absolute Gasteiger partial charge is 0.477 e. The lowest BCUT2D eigenvalue weighted by atomic mass is 10.2. The average Bonchev–Trinajstić information content (AvgIpc) is 2.75. The first-order valence-electron chi connectivity index (χ1n) is 5.97. The van der Waals surface area contributed by atoms with E-state index in [0.29, 0.717) is 6.54 Å². The van der Waals surface area contributed by atoms with Crippen LogP contribution in [0, 0.1) is 6.92 Å². The molecule has 0 bridgehead atoms. The molecule has 0 unspecified atom stereocenters. The number of hydrogen-bond donors (Lipinski definition) is 1. The van der Waals surface area contributed by atoms with Gasteiger partial charge in [-0.3, -0.25) is 4.90 Å². The van der Waals surface area contributed by atoms with Crippen LogP contribution in [0.15, 0.2) is 34.9 Å². The molecule has 0 fully saturated rings. The van der Waals surface area contributed by atoms with Gasteiger partial charge in [-0.2, -0.15) is 0 Å². The minimum Gasteiger partial charge on any atom is -0.477 e. The Morgan fingerprint density at radius 1 is 1.37 bits per heavy atom. The van der Waals surface area contributed by atoms with Crippen molar-refractivity contribution in [3.8, 4) is 0 Å². The monoisotopic (exact) mass is 260 g/mol. The molecule has 19 heavy (non-hydrogen) atoms. The lowest BCUT2D eigenvalue weighted by Gasteiger charge is -2.15. The molecule has 2 aromatic rings. The van der Waals surface area contributed by atoms with Gasteiger partial charge in [0.2, 0.25) is 0 Å². The summed E-state index contributed by atoms with van der Waals surface area (Å²) in [5.41, 5.74) is 1.94. The van der Waals surface area contributed by atoms with Gasteiger partial charge in [-0.05, 0) is 32.2 Å². The van der Waals surface area contributed by atoms with Crippen molar-refractivity contribution in [2.24, 2.45) is 0 Å². The van der Waals surface area contributed by atoms with E-state index in [1.54, 1.807) is 12.3 Å². The highest BCUT2D eigenvalue weighted by molar-refractivity contribution is 5.85. The van der Waals surface area contributed by atoms with E-state index in [0.717, 1.165) is 23.6 Å². The Bertz CT molecular complexity index is 578. The number of nitrogens with zero attached hydrogens (tertiary/aromatic N) is 2. The maximum atomic E-state index is 10.9. The quantitative estimate of drug-likeness (QED) is 0.893. The fraction of sp³-hybridized carbons (Fsp3) is 0.286. The zero-order valence-electron chi connectivity index (χ0n) is 11.0. The molecule has 0 saturated heterocycles. The molecule has 0 aromatic carbocycles. The van der Waals surface area contributed by atoms with Crippen LogP contribution in [-0.4, -0.2) is 28.0 Å². The molecule has 0 saturated carbocycles. The Morgan fingerprint density at radius 3 is 2.79 bits per heavy atom. The highest BCUT2D eigenvalue weighted by atomic mass is 16.4. The van der Waals surface area contributed by atoms with Crippen molar-refractivity contribution in [2.75, 3.05) is 7.05 Å². The molecule has 0 atom stereocenters. The van der Waals surface area contributed by atoms with Gasteiger partial charge < -0.3 is 9.52 Å². The molecule has 2 heterocycles. The second kappa shape index (κ2) is 5.67. The topological polar surface area (TPSA) is 66.6 Å². The average molecular weight is 260 g/mol. The number of aromatic carboxylic acids is 1. The number of aryl methyl sites for hydroxylation is 1. The standard InChI is InChI=1S/C14H16N2O3/c1-10-11(6-7-19-10)8-16(2)9-12-4-3-5-13(15-12)14(17)18/h3-7H,8-9H2,1-2H3,(H,17,18). The smallest absolute Gasteiger partial charge is 0.354 e. The molecule has 0 aliphatic heterocycles. The van der Waals surface area contributed by atoms with Gasteiger partial charge in [-0.25, -0.2) is 9.78 Å². The molecule has 1 N–H and O–H groups in total. The Hall–Kier alpha value is -2.14. The second-order valence-electron chi connectivity index (χ2n) is 4.49. The fourth-order valence-electron chi connectivity index (χ4n) is 1.89.